The number of aryl methyl sites for hydroxylation is 1. The Bertz CT molecular complexity index is 765. The molecule has 0 unspecified atom stereocenters. The minimum atomic E-state index is 0.113. The highest BCUT2D eigenvalue weighted by atomic mass is 16.6. The second-order valence-corrected chi connectivity index (χ2v) is 6.47. The summed E-state index contributed by atoms with van der Waals surface area (Å²) in [6.07, 6.45) is 0. The Kier molecular flexibility index (Phi) is 4.22. The van der Waals surface area contributed by atoms with Crippen LogP contribution in [0.1, 0.15) is 15.9 Å². The number of carbonyl (C=O) groups excluding carboxylic acids is 1. The van der Waals surface area contributed by atoms with Gasteiger partial charge in [0.25, 0.3) is 5.91 Å². The maximum Gasteiger partial charge on any atom is 0.253 e. The van der Waals surface area contributed by atoms with Crippen LogP contribution in [0.2, 0.25) is 0 Å². The van der Waals surface area contributed by atoms with Gasteiger partial charge in [0.05, 0.1) is 0 Å². The smallest absolute Gasteiger partial charge is 0.253 e. The summed E-state index contributed by atoms with van der Waals surface area (Å²) in [5.41, 5.74) is 3.05. The number of fused-ring (bicyclic) bond motifs is 1. The van der Waals surface area contributed by atoms with Gasteiger partial charge in [-0.1, -0.05) is 17.7 Å². The number of benzene rings is 2. The molecule has 0 aliphatic carbocycles. The summed E-state index contributed by atoms with van der Waals surface area (Å²) in [5, 5.41) is 0. The lowest BCUT2D eigenvalue weighted by Gasteiger charge is -2.36. The number of rotatable bonds is 2. The minimum absolute atomic E-state index is 0.113. The predicted octanol–water partition coefficient (Wildman–Crippen LogP) is 2.73. The van der Waals surface area contributed by atoms with E-state index in [2.05, 4.69) is 11.0 Å². The maximum absolute atomic E-state index is 12.6. The molecule has 25 heavy (non-hydrogen) atoms. The van der Waals surface area contributed by atoms with Gasteiger partial charge in [-0.25, -0.2) is 0 Å². The van der Waals surface area contributed by atoms with E-state index in [-0.39, 0.29) is 5.91 Å². The van der Waals surface area contributed by atoms with E-state index >= 15 is 0 Å². The number of ether oxygens (including phenoxy) is 2. The first kappa shape index (κ1) is 15.8. The van der Waals surface area contributed by atoms with E-state index in [0.717, 1.165) is 48.9 Å². The van der Waals surface area contributed by atoms with E-state index < -0.39 is 0 Å². The summed E-state index contributed by atoms with van der Waals surface area (Å²) in [7, 11) is 0. The first-order valence-electron chi connectivity index (χ1n) is 8.71. The van der Waals surface area contributed by atoms with Crippen LogP contribution in [-0.2, 0) is 0 Å². The lowest BCUT2D eigenvalue weighted by molar-refractivity contribution is 0.0746. The molecule has 5 nitrogen and oxygen atoms in total. The van der Waals surface area contributed by atoms with Crippen molar-refractivity contribution in [2.24, 2.45) is 0 Å². The van der Waals surface area contributed by atoms with Crippen LogP contribution < -0.4 is 14.4 Å². The molecule has 2 heterocycles. The molecule has 1 fully saturated rings. The van der Waals surface area contributed by atoms with Crippen LogP contribution in [0.3, 0.4) is 0 Å². The Morgan fingerprint density at radius 1 is 0.880 bits per heavy atom. The minimum Gasteiger partial charge on any atom is -0.486 e. The van der Waals surface area contributed by atoms with Gasteiger partial charge in [0.2, 0.25) is 0 Å². The summed E-state index contributed by atoms with van der Waals surface area (Å²) >= 11 is 0. The molecule has 0 aromatic heterocycles. The highest BCUT2D eigenvalue weighted by molar-refractivity contribution is 5.94. The summed E-state index contributed by atoms with van der Waals surface area (Å²) < 4.78 is 11.2. The molecule has 2 aliphatic rings. The SMILES string of the molecule is Cc1ccc(C(=O)N2CCN(c3ccc4c(c3)OCCO4)CC2)cc1. The van der Waals surface area contributed by atoms with Crippen molar-refractivity contribution in [2.75, 3.05) is 44.3 Å². The molecule has 2 aliphatic heterocycles. The fourth-order valence-electron chi connectivity index (χ4n) is 3.28. The van der Waals surface area contributed by atoms with Crippen molar-refractivity contribution in [1.82, 2.24) is 4.90 Å². The Balaban J connectivity index is 1.41. The van der Waals surface area contributed by atoms with Gasteiger partial charge in [-0.05, 0) is 31.2 Å². The number of nitrogens with zero attached hydrogens (tertiary/aromatic N) is 2. The van der Waals surface area contributed by atoms with E-state index in [1.807, 2.05) is 48.2 Å². The quantitative estimate of drug-likeness (QED) is 0.844. The van der Waals surface area contributed by atoms with E-state index in [1.165, 1.54) is 5.56 Å². The van der Waals surface area contributed by atoms with Crippen molar-refractivity contribution in [3.05, 3.63) is 53.6 Å². The molecular formula is C20H22N2O3. The van der Waals surface area contributed by atoms with Gasteiger partial charge in [-0.3, -0.25) is 4.79 Å². The van der Waals surface area contributed by atoms with Crippen LogP contribution in [-0.4, -0.2) is 50.2 Å². The van der Waals surface area contributed by atoms with Crippen LogP contribution in [0, 0.1) is 6.92 Å². The third kappa shape index (κ3) is 3.27. The Morgan fingerprint density at radius 3 is 2.28 bits per heavy atom. The Morgan fingerprint density at radius 2 is 1.56 bits per heavy atom. The summed E-state index contributed by atoms with van der Waals surface area (Å²) in [4.78, 5) is 16.8. The highest BCUT2D eigenvalue weighted by Crippen LogP contribution is 2.34. The molecular weight excluding hydrogens is 316 g/mol. The number of amides is 1. The molecule has 1 saturated heterocycles. The van der Waals surface area contributed by atoms with Crippen LogP contribution in [0.25, 0.3) is 0 Å². The average Bonchev–Trinajstić information content (AvgIpc) is 2.68. The monoisotopic (exact) mass is 338 g/mol. The third-order valence-electron chi connectivity index (χ3n) is 4.76. The van der Waals surface area contributed by atoms with Crippen molar-refractivity contribution in [2.45, 2.75) is 6.92 Å². The molecule has 0 N–H and O–H groups in total. The molecule has 0 saturated carbocycles. The molecule has 5 heteroatoms. The molecule has 0 bridgehead atoms. The zero-order valence-electron chi connectivity index (χ0n) is 14.4. The van der Waals surface area contributed by atoms with Crippen molar-refractivity contribution >= 4 is 11.6 Å². The van der Waals surface area contributed by atoms with Gasteiger partial charge in [-0.15, -0.1) is 0 Å². The fourth-order valence-corrected chi connectivity index (χ4v) is 3.28. The first-order chi connectivity index (χ1) is 12.2. The fraction of sp³-hybridized carbons (Fsp3) is 0.350. The number of anilines is 1. The highest BCUT2D eigenvalue weighted by Gasteiger charge is 2.23. The second-order valence-electron chi connectivity index (χ2n) is 6.47. The van der Waals surface area contributed by atoms with E-state index in [1.54, 1.807) is 0 Å². The number of piperazine rings is 1. The zero-order chi connectivity index (χ0) is 17.2. The van der Waals surface area contributed by atoms with Gasteiger partial charge in [0.1, 0.15) is 13.2 Å². The zero-order valence-corrected chi connectivity index (χ0v) is 14.4. The van der Waals surface area contributed by atoms with Gasteiger partial charge in [0.15, 0.2) is 11.5 Å². The first-order valence-corrected chi connectivity index (χ1v) is 8.71. The number of carbonyl (C=O) groups is 1. The van der Waals surface area contributed by atoms with Crippen LogP contribution in [0.5, 0.6) is 11.5 Å². The lowest BCUT2D eigenvalue weighted by atomic mass is 10.1. The third-order valence-corrected chi connectivity index (χ3v) is 4.76. The molecule has 0 spiro atoms. The van der Waals surface area contributed by atoms with Gasteiger partial charge in [-0.2, -0.15) is 0 Å². The molecule has 0 radical (unpaired) electrons. The van der Waals surface area contributed by atoms with E-state index in [9.17, 15) is 4.79 Å². The van der Waals surface area contributed by atoms with Crippen molar-refractivity contribution in [3.63, 3.8) is 0 Å². The van der Waals surface area contributed by atoms with E-state index in [4.69, 9.17) is 9.47 Å². The molecule has 1 amide bonds. The largest absolute Gasteiger partial charge is 0.486 e. The second kappa shape index (κ2) is 6.67. The van der Waals surface area contributed by atoms with Gasteiger partial charge < -0.3 is 19.3 Å². The molecule has 0 atom stereocenters. The van der Waals surface area contributed by atoms with E-state index in [0.29, 0.717) is 13.2 Å². The van der Waals surface area contributed by atoms with Crippen molar-refractivity contribution < 1.29 is 14.3 Å². The number of hydrogen-bond donors (Lipinski definition) is 0. The lowest BCUT2D eigenvalue weighted by Crippen LogP contribution is -2.48. The van der Waals surface area contributed by atoms with Crippen LogP contribution in [0.4, 0.5) is 5.69 Å². The van der Waals surface area contributed by atoms with Crippen molar-refractivity contribution in [1.29, 1.82) is 0 Å². The Hall–Kier alpha value is -2.69. The van der Waals surface area contributed by atoms with Crippen molar-refractivity contribution in [3.8, 4) is 11.5 Å². The predicted molar refractivity (Wildman–Crippen MR) is 96.7 cm³/mol. The summed E-state index contributed by atoms with van der Waals surface area (Å²) in [6.45, 7) is 6.30. The molecule has 4 rings (SSSR count). The normalized spacial score (nSPS) is 16.7. The van der Waals surface area contributed by atoms with Crippen LogP contribution >= 0.6 is 0 Å². The van der Waals surface area contributed by atoms with Gasteiger partial charge >= 0.3 is 0 Å². The summed E-state index contributed by atoms with van der Waals surface area (Å²) in [6, 6.07) is 13.8. The molecule has 2 aromatic rings. The molecule has 2 aromatic carbocycles. The van der Waals surface area contributed by atoms with Gasteiger partial charge in [0, 0.05) is 43.5 Å². The van der Waals surface area contributed by atoms with Crippen LogP contribution in [0.15, 0.2) is 42.5 Å². The number of hydrogen-bond acceptors (Lipinski definition) is 4. The average molecular weight is 338 g/mol. The maximum atomic E-state index is 12.6. The summed E-state index contributed by atoms with van der Waals surface area (Å²) in [5.74, 6) is 1.73. The standard InChI is InChI=1S/C20H22N2O3/c1-15-2-4-16(5-3-15)20(23)22-10-8-21(9-11-22)17-6-7-18-19(14-17)25-13-12-24-18/h2-7,14H,8-13H2,1H3. The topological polar surface area (TPSA) is 42.0 Å². The molecule has 130 valence electrons. The Labute approximate surface area is 147 Å².